The number of aliphatic hydroxyl groups is 5. The highest BCUT2D eigenvalue weighted by Gasteiger charge is 2.51. The summed E-state index contributed by atoms with van der Waals surface area (Å²) in [6.07, 6.45) is -10.6. The van der Waals surface area contributed by atoms with E-state index in [9.17, 15) is 60.0 Å². The summed E-state index contributed by atoms with van der Waals surface area (Å²) in [5.74, 6) is -13.8. The topological polar surface area (TPSA) is 487 Å². The Morgan fingerprint density at radius 2 is 1.17 bits per heavy atom. The summed E-state index contributed by atoms with van der Waals surface area (Å²) >= 11 is 20.4. The lowest BCUT2D eigenvalue weighted by Gasteiger charge is -2.54. The molecule has 4 aliphatic carbocycles. The van der Waals surface area contributed by atoms with Crippen molar-refractivity contribution in [1.29, 1.82) is 0 Å². The number of nitrogens with two attached hydrogens (primary N) is 1. The predicted molar refractivity (Wildman–Crippen MR) is 416 cm³/mol. The first-order chi connectivity index (χ1) is 55.3. The van der Waals surface area contributed by atoms with Crippen LogP contribution in [0, 0.1) is 29.6 Å². The van der Waals surface area contributed by atoms with E-state index in [4.69, 9.17) is 59.5 Å². The standard InChI is InChI=1S/C82H85Cl3N10O21/c1-33(2)18-51(87-3)75(106)94-66-68(100)40-11-16-55(49(84)25-40)113-57-27-44-28-58(73(57)116-82-72(104)71(103)70(102)59(115-82)32-88-74(105)38-6-4-36(5-7-38)37-8-13-45(83)14-9-37)114-56-17-12-41(26-50(56)85)69(101)67-81(112)93-65(79(110)90-62-42-20-34-19-35(22-42)23-43(62)21-34)48-29-46(96)30-54(98)61(48)47-24-39(10-15-53(47)97)63(77(108)95-67)92-78(109)64(44)91-76(107)52(31-60(86)99)89-80(66)111/h4-17,24-30,33-35,42-43,51-52,59,62-72,82,87,96-98,100-104H,18-23,31-32H2,1-3H3,(H2,86,99)(H,88,105)(H,89,111)(H,90,110)(H,91,107)(H,92,109)(H,93,112)(H,94,106)(H,95,108)/t34?,35?,42?,43?,51-,52+,59+,62?,63-,64-,65+,66-,67+,68-,69-,70+,71-,72+,82-/m1/s1. The van der Waals surface area contributed by atoms with Crippen molar-refractivity contribution in [3.05, 3.63) is 176 Å². The van der Waals surface area contributed by atoms with Crippen molar-refractivity contribution in [2.75, 3.05) is 13.6 Å². The number of halogens is 3. The highest BCUT2D eigenvalue weighted by molar-refractivity contribution is 6.32. The van der Waals surface area contributed by atoms with Crippen molar-refractivity contribution in [1.82, 2.24) is 47.9 Å². The minimum Gasteiger partial charge on any atom is -0.508 e. The van der Waals surface area contributed by atoms with Gasteiger partial charge in [0.25, 0.3) is 5.91 Å². The molecule has 610 valence electrons. The number of hydrogen-bond acceptors (Lipinski definition) is 22. The van der Waals surface area contributed by atoms with Crippen LogP contribution in [0.25, 0.3) is 22.3 Å². The van der Waals surface area contributed by atoms with Gasteiger partial charge in [0.05, 0.1) is 22.5 Å². The van der Waals surface area contributed by atoms with Crippen LogP contribution in [0.15, 0.2) is 127 Å². The van der Waals surface area contributed by atoms with Crippen molar-refractivity contribution in [3.63, 3.8) is 0 Å². The fourth-order valence-electron chi connectivity index (χ4n) is 16.9. The van der Waals surface area contributed by atoms with Crippen LogP contribution in [0.1, 0.15) is 127 Å². The number of rotatable bonds is 15. The van der Waals surface area contributed by atoms with Gasteiger partial charge < -0.3 is 113 Å². The lowest BCUT2D eigenvalue weighted by molar-refractivity contribution is -0.270. The summed E-state index contributed by atoms with van der Waals surface area (Å²) in [5, 5.41) is 120. The molecule has 4 saturated carbocycles. The van der Waals surface area contributed by atoms with E-state index >= 15 is 24.0 Å². The van der Waals surface area contributed by atoms with Crippen molar-refractivity contribution in [2.24, 2.45) is 35.3 Å². The maximum Gasteiger partial charge on any atom is 0.251 e. The summed E-state index contributed by atoms with van der Waals surface area (Å²) in [4.78, 5) is 135. The number of ether oxygens (including phenoxy) is 4. The Labute approximate surface area is 678 Å². The molecule has 6 aliphatic heterocycles. The summed E-state index contributed by atoms with van der Waals surface area (Å²) < 4.78 is 26.1. The molecular weight excluding hydrogens is 1570 g/mol. The number of nitrogens with one attached hydrogen (secondary N) is 9. The van der Waals surface area contributed by atoms with E-state index in [2.05, 4.69) is 47.9 Å². The van der Waals surface area contributed by atoms with E-state index in [1.165, 1.54) is 31.3 Å². The number of aliphatic hydroxyl groups excluding tert-OH is 5. The Kier molecular flexibility index (Phi) is 23.8. The van der Waals surface area contributed by atoms with Gasteiger partial charge in [-0.3, -0.25) is 43.2 Å². The van der Waals surface area contributed by atoms with E-state index in [1.54, 1.807) is 48.5 Å². The number of carbonyl (C=O) groups excluding carboxylic acids is 9. The molecule has 0 aromatic heterocycles. The predicted octanol–water partition coefficient (Wildman–Crippen LogP) is 5.48. The molecule has 0 unspecified atom stereocenters. The molecule has 34 heteroatoms. The van der Waals surface area contributed by atoms with Gasteiger partial charge >= 0.3 is 0 Å². The summed E-state index contributed by atoms with van der Waals surface area (Å²) in [5.41, 5.74) is 5.44. The third-order valence-electron chi connectivity index (χ3n) is 22.6. The number of primary amides is 1. The normalized spacial score (nSPS) is 27.7. The van der Waals surface area contributed by atoms with Gasteiger partial charge in [0.1, 0.15) is 102 Å². The van der Waals surface area contributed by atoms with Gasteiger partial charge in [-0.25, -0.2) is 0 Å². The van der Waals surface area contributed by atoms with Crippen molar-refractivity contribution in [2.45, 2.75) is 150 Å². The van der Waals surface area contributed by atoms with Crippen LogP contribution in [0.4, 0.5) is 0 Å². The van der Waals surface area contributed by atoms with E-state index < -0.39 is 196 Å². The van der Waals surface area contributed by atoms with Crippen LogP contribution in [-0.4, -0.2) is 169 Å². The van der Waals surface area contributed by atoms with Crippen molar-refractivity contribution < 1.29 is 103 Å². The fourth-order valence-corrected chi connectivity index (χ4v) is 17.5. The fraction of sp³-hybridized carbons (Fsp3) is 0.378. The summed E-state index contributed by atoms with van der Waals surface area (Å²) in [7, 11) is 1.49. The van der Waals surface area contributed by atoms with Gasteiger partial charge in [-0.05, 0) is 193 Å². The molecule has 15 bridgehead atoms. The van der Waals surface area contributed by atoms with Gasteiger partial charge in [-0.1, -0.05) is 91.1 Å². The number of aromatic hydroxyl groups is 3. The highest BCUT2D eigenvalue weighted by atomic mass is 35.5. The number of amides is 9. The number of benzene rings is 7. The zero-order valence-corrected chi connectivity index (χ0v) is 64.7. The van der Waals surface area contributed by atoms with E-state index in [1.807, 2.05) is 13.8 Å². The van der Waals surface area contributed by atoms with Crippen molar-refractivity contribution >= 4 is 88.0 Å². The first kappa shape index (κ1) is 81.7. The molecule has 7 aromatic carbocycles. The second-order valence-electron chi connectivity index (χ2n) is 30.9. The monoisotopic (exact) mass is 1650 g/mol. The molecule has 31 nitrogen and oxygen atoms in total. The molecule has 6 heterocycles. The molecule has 9 amide bonds. The highest BCUT2D eigenvalue weighted by Crippen LogP contribution is 2.55. The molecule has 116 heavy (non-hydrogen) atoms. The van der Waals surface area contributed by atoms with E-state index in [0.29, 0.717) is 16.9 Å². The maximum absolute atomic E-state index is 16.3. The van der Waals surface area contributed by atoms with Crippen LogP contribution in [0.3, 0.4) is 0 Å². The smallest absolute Gasteiger partial charge is 0.251 e. The molecule has 0 radical (unpaired) electrons. The number of carbonyl (C=O) groups is 9. The zero-order chi connectivity index (χ0) is 82.6. The van der Waals surface area contributed by atoms with Gasteiger partial charge in [0.15, 0.2) is 11.5 Å². The van der Waals surface area contributed by atoms with Gasteiger partial charge in [0.2, 0.25) is 59.3 Å². The van der Waals surface area contributed by atoms with Crippen LogP contribution in [0.5, 0.6) is 46.0 Å². The third kappa shape index (κ3) is 17.1. The Bertz CT molecular complexity index is 5010. The van der Waals surface area contributed by atoms with Crippen LogP contribution in [-0.2, 0) is 43.1 Å². The molecule has 5 fully saturated rings. The van der Waals surface area contributed by atoms with Crippen LogP contribution < -0.4 is 67.8 Å². The number of phenolic OH excluding ortho intramolecular Hbond substituents is 3. The van der Waals surface area contributed by atoms with Gasteiger partial charge in [0, 0.05) is 40.4 Å². The first-order valence-electron chi connectivity index (χ1n) is 37.8. The number of fused-ring (bicyclic) bond motifs is 15. The van der Waals surface area contributed by atoms with Crippen LogP contribution in [0.2, 0.25) is 15.1 Å². The van der Waals surface area contributed by atoms with E-state index in [-0.39, 0.29) is 85.7 Å². The second-order valence-corrected chi connectivity index (χ2v) is 32.2. The summed E-state index contributed by atoms with van der Waals surface area (Å²) in [6.45, 7) is 3.11. The number of likely N-dealkylation sites (N-methyl/N-ethyl adjacent to an activating group) is 1. The lowest BCUT2D eigenvalue weighted by Crippen LogP contribution is -2.61. The van der Waals surface area contributed by atoms with Crippen LogP contribution >= 0.6 is 34.8 Å². The molecular formula is C82H85Cl3N10O21. The van der Waals surface area contributed by atoms with Gasteiger partial charge in [-0.2, -0.15) is 0 Å². The lowest BCUT2D eigenvalue weighted by atomic mass is 9.54. The second kappa shape index (κ2) is 33.8. The zero-order valence-electron chi connectivity index (χ0n) is 62.4. The maximum atomic E-state index is 16.3. The molecule has 19 N–H and O–H groups in total. The molecule has 10 aliphatic rings. The Balaban J connectivity index is 0.920. The largest absolute Gasteiger partial charge is 0.508 e. The third-order valence-corrected chi connectivity index (χ3v) is 23.4. The molecule has 7 aromatic rings. The van der Waals surface area contributed by atoms with Gasteiger partial charge in [-0.15, -0.1) is 0 Å². The number of hydrogen-bond donors (Lipinski definition) is 18. The molecule has 0 spiro atoms. The number of phenols is 3. The molecule has 14 atom stereocenters. The Morgan fingerprint density at radius 1 is 0.586 bits per heavy atom. The SMILES string of the molecule is CN[C@H](CC(C)C)C(=O)N[C@H]1C(=O)N[C@@H](CC(N)=O)C(=O)N[C@H]2C(=O)N[C@H]3C(=O)N[C@H](C(=O)N[C@H](C(=O)NC4C5CC6CC(C5)CC4C6)c4cc(O)cc(O)c4-c4cc3ccc4O)[C@H](O)c3ccc(c(Cl)c3)Oc3cc2cc(c3O[C@H]2O[C@@H](CNC(=O)c3ccc(-c4ccc(Cl)cc4)cc3)[C@H](O)[C@@H](O)[C@@H]2O)Oc2ccc(cc2Cl)[C@H]1O. The minimum absolute atomic E-state index is 0.0724. The molecule has 17 rings (SSSR count). The molecule has 1 saturated heterocycles. The Hall–Kier alpha value is -10.8. The summed E-state index contributed by atoms with van der Waals surface area (Å²) in [6, 6.07) is 13.9. The minimum atomic E-state index is -2.33. The first-order valence-corrected chi connectivity index (χ1v) is 38.9. The van der Waals surface area contributed by atoms with Crippen molar-refractivity contribution in [3.8, 4) is 68.2 Å². The average Bonchev–Trinajstić information content (AvgIpc) is 0.755. The quantitative estimate of drug-likeness (QED) is 0.0604. The average molecular weight is 1650 g/mol. The van der Waals surface area contributed by atoms with E-state index in [0.717, 1.165) is 97.8 Å². The Morgan fingerprint density at radius 3 is 1.78 bits per heavy atom.